The number of nitrogens with zero attached hydrogens (tertiary/aromatic N) is 2. The molecule has 0 aliphatic carbocycles. The lowest BCUT2D eigenvalue weighted by molar-refractivity contribution is -0.137. The molecule has 0 spiro atoms. The van der Waals surface area contributed by atoms with E-state index in [0.717, 1.165) is 37.5 Å². The first-order valence-electron chi connectivity index (χ1n) is 12.3. The topological polar surface area (TPSA) is 115 Å². The van der Waals surface area contributed by atoms with Crippen LogP contribution in [0.5, 0.6) is 11.6 Å². The number of amides is 2. The number of fused-ring (bicyclic) bond motifs is 1. The molecule has 1 fully saturated rings. The summed E-state index contributed by atoms with van der Waals surface area (Å²) >= 11 is 8.47. The lowest BCUT2D eigenvalue weighted by Crippen LogP contribution is -2.43. The molecule has 2 atom stereocenters. The van der Waals surface area contributed by atoms with Gasteiger partial charge in [0.2, 0.25) is 17.7 Å². The van der Waals surface area contributed by atoms with E-state index >= 15 is 0 Å². The van der Waals surface area contributed by atoms with Crippen LogP contribution < -0.4 is 15.2 Å². The number of ether oxygens (including phenoxy) is 2. The Balaban J connectivity index is 1.62. The lowest BCUT2D eigenvalue weighted by atomic mass is 10.1. The van der Waals surface area contributed by atoms with Crippen molar-refractivity contribution in [2.75, 3.05) is 17.6 Å². The molecule has 1 aromatic carbocycles. The Hall–Kier alpha value is -2.27. The summed E-state index contributed by atoms with van der Waals surface area (Å²) in [4.78, 5) is 31.1. The minimum Gasteiger partial charge on any atom is -0.512 e. The number of carbonyl (C=O) groups excluding carboxylic acids is 2. The van der Waals surface area contributed by atoms with Gasteiger partial charge in [0.1, 0.15) is 17.9 Å². The van der Waals surface area contributed by atoms with Gasteiger partial charge >= 0.3 is 0 Å². The van der Waals surface area contributed by atoms with Gasteiger partial charge in [0.05, 0.1) is 33.9 Å². The van der Waals surface area contributed by atoms with Gasteiger partial charge in [-0.15, -0.1) is 0 Å². The molecule has 1 saturated heterocycles. The first kappa shape index (κ1) is 28.3. The molecule has 2 aromatic rings. The summed E-state index contributed by atoms with van der Waals surface area (Å²) in [5.41, 5.74) is 6.21. The van der Waals surface area contributed by atoms with Gasteiger partial charge in [-0.2, -0.15) is 0 Å². The van der Waals surface area contributed by atoms with Gasteiger partial charge in [-0.25, -0.2) is 4.98 Å². The summed E-state index contributed by atoms with van der Waals surface area (Å²) in [5.74, 6) is 0.714. The molecular formula is C26H33ClIN3O5. The fourth-order valence-electron chi connectivity index (χ4n) is 4.33. The molecule has 10 heteroatoms. The number of aliphatic hydroxyl groups is 1. The van der Waals surface area contributed by atoms with E-state index in [1.807, 2.05) is 25.1 Å². The molecule has 2 amide bonds. The minimum absolute atomic E-state index is 0.0926. The Bertz CT molecular complexity index is 1100. The molecule has 0 radical (unpaired) electrons. The number of benzene rings is 1. The van der Waals surface area contributed by atoms with Crippen molar-refractivity contribution in [3.05, 3.63) is 41.1 Å². The smallest absolute Gasteiger partial charge is 0.240 e. The molecule has 36 heavy (non-hydrogen) atoms. The maximum atomic E-state index is 12.9. The zero-order chi connectivity index (χ0) is 26.1. The first-order valence-corrected chi connectivity index (χ1v) is 14.2. The van der Waals surface area contributed by atoms with Crippen LogP contribution in [0, 0.1) is 0 Å². The number of nitrogens with two attached hydrogens (primary N) is 1. The number of alkyl halides is 1. The van der Waals surface area contributed by atoms with Gasteiger partial charge in [-0.05, 0) is 44.4 Å². The van der Waals surface area contributed by atoms with Crippen molar-refractivity contribution in [3.63, 3.8) is 0 Å². The van der Waals surface area contributed by atoms with E-state index in [1.54, 1.807) is 17.0 Å². The number of hydrogen-bond donors (Lipinski definition) is 2. The predicted molar refractivity (Wildman–Crippen MR) is 149 cm³/mol. The molecule has 1 aromatic heterocycles. The molecule has 1 aliphatic rings. The Kier molecular flexibility index (Phi) is 10.9. The number of pyridine rings is 1. The summed E-state index contributed by atoms with van der Waals surface area (Å²) in [6.45, 7) is 2.58. The van der Waals surface area contributed by atoms with Gasteiger partial charge in [0.25, 0.3) is 0 Å². The Morgan fingerprint density at radius 1 is 1.31 bits per heavy atom. The highest BCUT2D eigenvalue weighted by atomic mass is 127. The number of allylic oxidation sites excluding steroid dienone is 2. The maximum absolute atomic E-state index is 12.9. The molecule has 0 unspecified atom stereocenters. The Morgan fingerprint density at radius 2 is 2.08 bits per heavy atom. The van der Waals surface area contributed by atoms with E-state index < -0.39 is 18.1 Å². The zero-order valence-electron chi connectivity index (χ0n) is 20.4. The highest BCUT2D eigenvalue weighted by Gasteiger charge is 2.39. The first-order chi connectivity index (χ1) is 17.3. The summed E-state index contributed by atoms with van der Waals surface area (Å²) < 4.78 is 12.5. The van der Waals surface area contributed by atoms with Crippen molar-refractivity contribution in [2.24, 2.45) is 5.73 Å². The second-order valence-electron chi connectivity index (χ2n) is 8.75. The van der Waals surface area contributed by atoms with E-state index in [4.69, 9.17) is 26.8 Å². The number of aliphatic hydroxyl groups excluding tert-OH is 1. The van der Waals surface area contributed by atoms with Gasteiger partial charge in [-0.3, -0.25) is 9.59 Å². The number of rotatable bonds is 13. The van der Waals surface area contributed by atoms with Gasteiger partial charge in [0.15, 0.2) is 0 Å². The van der Waals surface area contributed by atoms with Crippen LogP contribution in [0.4, 0.5) is 0 Å². The van der Waals surface area contributed by atoms with Crippen LogP contribution in [0.3, 0.4) is 0 Å². The van der Waals surface area contributed by atoms with E-state index in [2.05, 4.69) is 27.6 Å². The van der Waals surface area contributed by atoms with Crippen molar-refractivity contribution in [3.8, 4) is 11.6 Å². The third-order valence-electron chi connectivity index (χ3n) is 6.09. The SMILES string of the molecule is CCOc1cc(O[C@@H]2C[C@@H](C(N)=O)N(C(=O)CCCCCCC=C(O)CI)C2)c2cccc(Cl)c2n1. The van der Waals surface area contributed by atoms with Crippen LogP contribution in [-0.2, 0) is 9.59 Å². The molecule has 0 bridgehead atoms. The monoisotopic (exact) mass is 629 g/mol. The molecular weight excluding hydrogens is 597 g/mol. The molecule has 1 aliphatic heterocycles. The molecule has 2 heterocycles. The molecule has 8 nitrogen and oxygen atoms in total. The summed E-state index contributed by atoms with van der Waals surface area (Å²) in [6, 6.07) is 6.44. The number of likely N-dealkylation sites (tertiary alicyclic amines) is 1. The fraction of sp³-hybridized carbons (Fsp3) is 0.500. The summed E-state index contributed by atoms with van der Waals surface area (Å²) in [6.07, 6.45) is 6.53. The van der Waals surface area contributed by atoms with Crippen LogP contribution in [0.25, 0.3) is 10.9 Å². The second kappa shape index (κ2) is 13.9. The zero-order valence-corrected chi connectivity index (χ0v) is 23.3. The quantitative estimate of drug-likeness (QED) is 0.134. The van der Waals surface area contributed by atoms with Crippen molar-refractivity contribution in [1.82, 2.24) is 9.88 Å². The number of primary amides is 1. The average molecular weight is 630 g/mol. The van der Waals surface area contributed by atoms with Crippen LogP contribution in [0.1, 0.15) is 51.9 Å². The fourth-order valence-corrected chi connectivity index (χ4v) is 4.86. The number of carbonyl (C=O) groups is 2. The third kappa shape index (κ3) is 7.61. The normalized spacial score (nSPS) is 18.0. The maximum Gasteiger partial charge on any atom is 0.240 e. The van der Waals surface area contributed by atoms with E-state index in [-0.39, 0.29) is 12.5 Å². The van der Waals surface area contributed by atoms with Gasteiger partial charge in [0, 0.05) is 24.3 Å². The molecule has 3 N–H and O–H groups in total. The highest BCUT2D eigenvalue weighted by molar-refractivity contribution is 14.1. The van der Waals surface area contributed by atoms with Gasteiger partial charge in [-0.1, -0.05) is 53.1 Å². The number of aromatic nitrogens is 1. The van der Waals surface area contributed by atoms with Crippen molar-refractivity contribution in [2.45, 2.75) is 64.0 Å². The number of halogens is 2. The standard InChI is InChI=1S/C26H33ClIN3O5/c1-2-35-23-14-22(19-10-8-11-20(27)25(19)30-23)36-18-13-21(26(29)34)31(16-18)24(33)12-7-5-3-4-6-9-17(32)15-28/h8-11,14,18,21,32H,2-7,12-13,15-16H2,1H3,(H2,29,34)/t18-,21+/m1/s1. The number of unbranched alkanes of at least 4 members (excludes halogenated alkanes) is 4. The summed E-state index contributed by atoms with van der Waals surface area (Å²) in [5, 5.41) is 10.7. The molecule has 196 valence electrons. The highest BCUT2D eigenvalue weighted by Crippen LogP contribution is 2.35. The third-order valence-corrected chi connectivity index (χ3v) is 7.17. The van der Waals surface area contributed by atoms with E-state index in [1.165, 1.54) is 0 Å². The molecule has 3 rings (SSSR count). The van der Waals surface area contributed by atoms with E-state index in [9.17, 15) is 14.7 Å². The summed E-state index contributed by atoms with van der Waals surface area (Å²) in [7, 11) is 0. The lowest BCUT2D eigenvalue weighted by Gasteiger charge is -2.22. The minimum atomic E-state index is -0.702. The van der Waals surface area contributed by atoms with Crippen LogP contribution >= 0.6 is 34.2 Å². The van der Waals surface area contributed by atoms with E-state index in [0.29, 0.717) is 51.8 Å². The number of hydrogen-bond acceptors (Lipinski definition) is 6. The average Bonchev–Trinajstić information content (AvgIpc) is 3.28. The predicted octanol–water partition coefficient (Wildman–Crippen LogP) is 5.34. The van der Waals surface area contributed by atoms with Crippen molar-refractivity contribution < 1.29 is 24.2 Å². The number of para-hydroxylation sites is 1. The van der Waals surface area contributed by atoms with Gasteiger partial charge < -0.3 is 25.2 Å². The largest absolute Gasteiger partial charge is 0.512 e. The Morgan fingerprint density at radius 3 is 2.81 bits per heavy atom. The van der Waals surface area contributed by atoms with Crippen LogP contribution in [0.2, 0.25) is 5.02 Å². The Labute approximate surface area is 230 Å². The van der Waals surface area contributed by atoms with Crippen LogP contribution in [-0.4, -0.2) is 56.5 Å². The van der Waals surface area contributed by atoms with Crippen LogP contribution in [0.15, 0.2) is 36.1 Å². The second-order valence-corrected chi connectivity index (χ2v) is 9.92. The van der Waals surface area contributed by atoms with Crippen molar-refractivity contribution >= 4 is 56.9 Å². The molecule has 0 saturated carbocycles. The van der Waals surface area contributed by atoms with Crippen molar-refractivity contribution in [1.29, 1.82) is 0 Å².